The molecule has 0 saturated carbocycles. The fourth-order valence-electron chi connectivity index (χ4n) is 4.54. The molecule has 0 unspecified atom stereocenters. The van der Waals surface area contributed by atoms with Gasteiger partial charge in [-0.2, -0.15) is 5.10 Å². The van der Waals surface area contributed by atoms with Crippen LogP contribution in [0.4, 0.5) is 0 Å². The van der Waals surface area contributed by atoms with Crippen molar-refractivity contribution in [3.05, 3.63) is 71.4 Å². The van der Waals surface area contributed by atoms with Gasteiger partial charge in [-0.05, 0) is 56.0 Å². The lowest BCUT2D eigenvalue weighted by atomic mass is 9.95. The number of amides is 1. The van der Waals surface area contributed by atoms with Gasteiger partial charge in [0.25, 0.3) is 5.91 Å². The minimum Gasteiger partial charge on any atom is -0.350 e. The van der Waals surface area contributed by atoms with E-state index in [4.69, 9.17) is 14.6 Å². The highest BCUT2D eigenvalue weighted by Crippen LogP contribution is 2.30. The quantitative estimate of drug-likeness (QED) is 0.615. The highest BCUT2D eigenvalue weighted by molar-refractivity contribution is 6.00. The lowest BCUT2D eigenvalue weighted by Gasteiger charge is -2.33. The summed E-state index contributed by atoms with van der Waals surface area (Å²) in [4.78, 5) is 15.6. The molecule has 0 atom stereocenters. The molecule has 3 heterocycles. The van der Waals surface area contributed by atoms with Crippen LogP contribution >= 0.6 is 0 Å². The summed E-state index contributed by atoms with van der Waals surface area (Å²) in [5, 5.41) is 4.84. The Kier molecular flexibility index (Phi) is 5.81. The number of ether oxygens (including phenoxy) is 2. The molecule has 32 heavy (non-hydrogen) atoms. The minimum atomic E-state index is -0.112. The topological polar surface area (TPSA) is 56.6 Å². The number of benzene rings is 2. The van der Waals surface area contributed by atoms with E-state index in [2.05, 4.69) is 32.0 Å². The molecule has 6 heteroatoms. The largest absolute Gasteiger partial charge is 0.350 e. The van der Waals surface area contributed by atoms with Crippen LogP contribution in [0.5, 0.6) is 0 Å². The van der Waals surface area contributed by atoms with E-state index in [-0.39, 0.29) is 12.2 Å². The molecule has 2 saturated heterocycles. The number of hydrogen-bond acceptors (Lipinski definition) is 4. The SMILES string of the molecule is Cc1ccc(-c2nn(-c3ccccc3)cc2C(=O)N2CCC(C3OCCO3)CC2)cc1C. The van der Waals surface area contributed by atoms with Gasteiger partial charge in [0.1, 0.15) is 5.69 Å². The van der Waals surface area contributed by atoms with Crippen molar-refractivity contribution >= 4 is 5.91 Å². The number of aryl methyl sites for hydroxylation is 2. The number of aromatic nitrogens is 2. The Bertz CT molecular complexity index is 1090. The fraction of sp³-hybridized carbons (Fsp3) is 0.385. The lowest BCUT2D eigenvalue weighted by molar-refractivity contribution is -0.0956. The number of carbonyl (C=O) groups excluding carboxylic acids is 1. The van der Waals surface area contributed by atoms with Crippen molar-refractivity contribution in [1.29, 1.82) is 0 Å². The Balaban J connectivity index is 1.44. The van der Waals surface area contributed by atoms with E-state index in [9.17, 15) is 4.79 Å². The molecule has 1 aromatic heterocycles. The van der Waals surface area contributed by atoms with E-state index in [1.165, 1.54) is 11.1 Å². The van der Waals surface area contributed by atoms with E-state index in [0.717, 1.165) is 29.8 Å². The molecule has 0 N–H and O–H groups in total. The van der Waals surface area contributed by atoms with Crippen molar-refractivity contribution in [3.63, 3.8) is 0 Å². The summed E-state index contributed by atoms with van der Waals surface area (Å²) in [5.41, 5.74) is 5.69. The van der Waals surface area contributed by atoms with Gasteiger partial charge in [0, 0.05) is 30.8 Å². The van der Waals surface area contributed by atoms with Crippen LogP contribution < -0.4 is 0 Å². The maximum Gasteiger partial charge on any atom is 0.257 e. The first-order valence-corrected chi connectivity index (χ1v) is 11.4. The smallest absolute Gasteiger partial charge is 0.257 e. The van der Waals surface area contributed by atoms with Gasteiger partial charge in [0.2, 0.25) is 0 Å². The maximum absolute atomic E-state index is 13.6. The van der Waals surface area contributed by atoms with Crippen molar-refractivity contribution in [3.8, 4) is 16.9 Å². The fourth-order valence-corrected chi connectivity index (χ4v) is 4.54. The summed E-state index contributed by atoms with van der Waals surface area (Å²) in [5.74, 6) is 0.389. The van der Waals surface area contributed by atoms with Gasteiger partial charge >= 0.3 is 0 Å². The molecule has 5 rings (SSSR count). The molecule has 166 valence electrons. The van der Waals surface area contributed by atoms with Crippen LogP contribution in [-0.4, -0.2) is 53.2 Å². The van der Waals surface area contributed by atoms with Crippen molar-refractivity contribution in [2.24, 2.45) is 5.92 Å². The summed E-state index contributed by atoms with van der Waals surface area (Å²) in [6.07, 6.45) is 3.54. The number of likely N-dealkylation sites (tertiary alicyclic amines) is 1. The lowest BCUT2D eigenvalue weighted by Crippen LogP contribution is -2.41. The second-order valence-electron chi connectivity index (χ2n) is 8.71. The molecule has 0 aliphatic carbocycles. The van der Waals surface area contributed by atoms with Crippen molar-refractivity contribution in [2.45, 2.75) is 33.0 Å². The van der Waals surface area contributed by atoms with E-state index in [1.807, 2.05) is 46.1 Å². The van der Waals surface area contributed by atoms with Crippen LogP contribution in [0.1, 0.15) is 34.3 Å². The third kappa shape index (κ3) is 4.08. The van der Waals surface area contributed by atoms with Gasteiger partial charge in [0.05, 0.1) is 24.5 Å². The van der Waals surface area contributed by atoms with Gasteiger partial charge in [0.15, 0.2) is 6.29 Å². The van der Waals surface area contributed by atoms with Crippen LogP contribution in [0, 0.1) is 19.8 Å². The average molecular weight is 432 g/mol. The highest BCUT2D eigenvalue weighted by atomic mass is 16.7. The zero-order valence-corrected chi connectivity index (χ0v) is 18.7. The van der Waals surface area contributed by atoms with Gasteiger partial charge in [-0.15, -0.1) is 0 Å². The van der Waals surface area contributed by atoms with Gasteiger partial charge in [-0.3, -0.25) is 4.79 Å². The second kappa shape index (κ2) is 8.88. The molecule has 3 aromatic rings. The number of nitrogens with zero attached hydrogens (tertiary/aromatic N) is 3. The first-order chi connectivity index (χ1) is 15.6. The van der Waals surface area contributed by atoms with Crippen molar-refractivity contribution in [1.82, 2.24) is 14.7 Å². The molecule has 2 aromatic carbocycles. The maximum atomic E-state index is 13.6. The summed E-state index contributed by atoms with van der Waals surface area (Å²) >= 11 is 0. The Labute approximate surface area is 188 Å². The number of carbonyl (C=O) groups is 1. The zero-order valence-electron chi connectivity index (χ0n) is 18.7. The zero-order chi connectivity index (χ0) is 22.1. The van der Waals surface area contributed by atoms with Gasteiger partial charge in [-0.1, -0.05) is 30.3 Å². The molecule has 6 nitrogen and oxygen atoms in total. The van der Waals surface area contributed by atoms with Crippen LogP contribution in [-0.2, 0) is 9.47 Å². The standard InChI is InChI=1S/C26H29N3O3/c1-18-8-9-21(16-19(18)2)24-23(17-29(27-24)22-6-4-3-5-7-22)25(30)28-12-10-20(11-13-28)26-31-14-15-32-26/h3-9,16-17,20,26H,10-15H2,1-2H3. The molecular formula is C26H29N3O3. The predicted molar refractivity (Wildman–Crippen MR) is 123 cm³/mol. The number of piperidine rings is 1. The summed E-state index contributed by atoms with van der Waals surface area (Å²) < 4.78 is 13.2. The monoisotopic (exact) mass is 431 g/mol. The van der Waals surface area contributed by atoms with Gasteiger partial charge < -0.3 is 14.4 Å². The third-order valence-electron chi connectivity index (χ3n) is 6.61. The van der Waals surface area contributed by atoms with Crippen molar-refractivity contribution in [2.75, 3.05) is 26.3 Å². The Morgan fingerprint density at radius 2 is 1.69 bits per heavy atom. The third-order valence-corrected chi connectivity index (χ3v) is 6.61. The van der Waals surface area contributed by atoms with E-state index >= 15 is 0 Å². The molecule has 2 aliphatic rings. The summed E-state index contributed by atoms with van der Waals surface area (Å²) in [6, 6.07) is 16.2. The predicted octanol–water partition coefficient (Wildman–Crippen LogP) is 4.38. The second-order valence-corrected chi connectivity index (χ2v) is 8.71. The normalized spacial score (nSPS) is 17.8. The Hall–Kier alpha value is -2.96. The molecule has 0 bridgehead atoms. The molecule has 0 spiro atoms. The van der Waals surface area contributed by atoms with E-state index in [0.29, 0.717) is 37.8 Å². The van der Waals surface area contributed by atoms with Crippen LogP contribution in [0.3, 0.4) is 0 Å². The van der Waals surface area contributed by atoms with Crippen LogP contribution in [0.15, 0.2) is 54.7 Å². The van der Waals surface area contributed by atoms with Gasteiger partial charge in [-0.25, -0.2) is 4.68 Å². The first kappa shape index (κ1) is 20.9. The molecule has 2 aliphatic heterocycles. The Morgan fingerprint density at radius 3 is 2.38 bits per heavy atom. The average Bonchev–Trinajstić information content (AvgIpc) is 3.52. The summed E-state index contributed by atoms with van der Waals surface area (Å²) in [6.45, 7) is 6.93. The minimum absolute atomic E-state index is 0.0344. The first-order valence-electron chi connectivity index (χ1n) is 11.4. The highest BCUT2D eigenvalue weighted by Gasteiger charge is 2.33. The molecule has 1 amide bonds. The number of para-hydroxylation sites is 1. The summed E-state index contributed by atoms with van der Waals surface area (Å²) in [7, 11) is 0. The van der Waals surface area contributed by atoms with E-state index < -0.39 is 0 Å². The molecular weight excluding hydrogens is 402 g/mol. The van der Waals surface area contributed by atoms with E-state index in [1.54, 1.807) is 0 Å². The van der Waals surface area contributed by atoms with Crippen LogP contribution in [0.25, 0.3) is 16.9 Å². The molecule has 2 fully saturated rings. The van der Waals surface area contributed by atoms with Crippen LogP contribution in [0.2, 0.25) is 0 Å². The number of rotatable bonds is 4. The molecule has 0 radical (unpaired) electrons. The van der Waals surface area contributed by atoms with Crippen molar-refractivity contribution < 1.29 is 14.3 Å². The number of hydrogen-bond donors (Lipinski definition) is 0. The Morgan fingerprint density at radius 1 is 0.969 bits per heavy atom.